The van der Waals surface area contributed by atoms with Gasteiger partial charge in [0, 0.05) is 24.0 Å². The first-order chi connectivity index (χ1) is 14.6. The molecular formula is C27H38O4. The molecule has 0 amide bonds. The number of hydrogen-bond acceptors (Lipinski definition) is 4. The van der Waals surface area contributed by atoms with Crippen LogP contribution in [0.2, 0.25) is 0 Å². The van der Waals surface area contributed by atoms with Crippen molar-refractivity contribution in [3.05, 3.63) is 23.3 Å². The second-order valence-corrected chi connectivity index (χ2v) is 12.4. The Morgan fingerprint density at radius 1 is 1.10 bits per heavy atom. The number of benzene rings is 1. The average molecular weight is 427 g/mol. The minimum atomic E-state index is -0.852. The molecule has 0 radical (unpaired) electrons. The van der Waals surface area contributed by atoms with Crippen molar-refractivity contribution in [3.8, 4) is 11.5 Å². The molecule has 0 saturated heterocycles. The summed E-state index contributed by atoms with van der Waals surface area (Å²) in [6.07, 6.45) is 7.96. The lowest BCUT2D eigenvalue weighted by molar-refractivity contribution is -0.309. The summed E-state index contributed by atoms with van der Waals surface area (Å²) < 4.78 is 19.3. The molecule has 4 nitrogen and oxygen atoms in total. The topological polar surface area (TPSA) is 47.9 Å². The zero-order valence-electron chi connectivity index (χ0n) is 20.0. The monoisotopic (exact) mass is 426 g/mol. The van der Waals surface area contributed by atoms with Gasteiger partial charge in [0.2, 0.25) is 0 Å². The summed E-state index contributed by atoms with van der Waals surface area (Å²) in [5.41, 5.74) is 1.48. The van der Waals surface area contributed by atoms with Crippen LogP contribution in [0.25, 0.3) is 0 Å². The SMILES string of the molecule is COc1ccc2c3c1OC1C34CCCC(C2)[C@]42CC[C@@]1(OC)[C@@H]([C@](C)(O)C(C)(C)C)C2. The molecule has 4 saturated carbocycles. The Hall–Kier alpha value is -1.26. The first-order valence-corrected chi connectivity index (χ1v) is 12.2. The van der Waals surface area contributed by atoms with E-state index < -0.39 is 11.2 Å². The minimum Gasteiger partial charge on any atom is -0.493 e. The largest absolute Gasteiger partial charge is 0.493 e. The van der Waals surface area contributed by atoms with Gasteiger partial charge >= 0.3 is 0 Å². The Balaban J connectivity index is 1.64. The molecule has 31 heavy (non-hydrogen) atoms. The van der Waals surface area contributed by atoms with E-state index >= 15 is 0 Å². The average Bonchev–Trinajstić information content (AvgIpc) is 3.09. The third-order valence-corrected chi connectivity index (χ3v) is 11.0. The summed E-state index contributed by atoms with van der Waals surface area (Å²) >= 11 is 0. The predicted molar refractivity (Wildman–Crippen MR) is 120 cm³/mol. The molecule has 1 aromatic carbocycles. The summed E-state index contributed by atoms with van der Waals surface area (Å²) in [6.45, 7) is 8.55. The van der Waals surface area contributed by atoms with Gasteiger partial charge in [0.15, 0.2) is 11.5 Å². The highest BCUT2D eigenvalue weighted by atomic mass is 16.6. The Labute approximate surface area is 186 Å². The molecule has 3 unspecified atom stereocenters. The minimum absolute atomic E-state index is 0.00784. The maximum absolute atomic E-state index is 12.1. The number of ether oxygens (including phenoxy) is 3. The van der Waals surface area contributed by atoms with E-state index in [1.807, 2.05) is 7.11 Å². The quantitative estimate of drug-likeness (QED) is 0.736. The van der Waals surface area contributed by atoms with Crippen LogP contribution in [0.4, 0.5) is 0 Å². The van der Waals surface area contributed by atoms with Crippen LogP contribution in [-0.4, -0.2) is 36.6 Å². The third-order valence-electron chi connectivity index (χ3n) is 11.0. The van der Waals surface area contributed by atoms with Gasteiger partial charge in [-0.2, -0.15) is 0 Å². The number of aliphatic hydroxyl groups is 1. The molecule has 170 valence electrons. The molecule has 4 fully saturated rings. The Bertz CT molecular complexity index is 945. The molecule has 1 N–H and O–H groups in total. The van der Waals surface area contributed by atoms with Gasteiger partial charge in [0.05, 0.1) is 12.7 Å². The Kier molecular flexibility index (Phi) is 3.81. The van der Waals surface area contributed by atoms with Crippen LogP contribution in [0.5, 0.6) is 11.5 Å². The van der Waals surface area contributed by atoms with Gasteiger partial charge in [-0.15, -0.1) is 0 Å². The summed E-state index contributed by atoms with van der Waals surface area (Å²) in [7, 11) is 3.60. The fraction of sp³-hybridized carbons (Fsp3) is 0.778. The fourth-order valence-electron chi connectivity index (χ4n) is 9.12. The van der Waals surface area contributed by atoms with E-state index in [0.29, 0.717) is 5.92 Å². The lowest BCUT2D eigenvalue weighted by Crippen LogP contribution is -2.80. The summed E-state index contributed by atoms with van der Waals surface area (Å²) in [6, 6.07) is 4.39. The number of methoxy groups -OCH3 is 2. The van der Waals surface area contributed by atoms with Gasteiger partial charge in [-0.25, -0.2) is 0 Å². The van der Waals surface area contributed by atoms with Crippen molar-refractivity contribution in [2.75, 3.05) is 14.2 Å². The highest BCUT2D eigenvalue weighted by Gasteiger charge is 2.81. The molecule has 6 aliphatic rings. The van der Waals surface area contributed by atoms with Crippen molar-refractivity contribution in [2.45, 2.75) is 95.4 Å². The zero-order valence-corrected chi connectivity index (χ0v) is 20.0. The van der Waals surface area contributed by atoms with Gasteiger partial charge in [0.25, 0.3) is 0 Å². The van der Waals surface area contributed by atoms with Gasteiger partial charge < -0.3 is 19.3 Å². The van der Waals surface area contributed by atoms with Crippen molar-refractivity contribution in [3.63, 3.8) is 0 Å². The number of fused-ring (bicyclic) bond motifs is 2. The van der Waals surface area contributed by atoms with Crippen LogP contribution >= 0.6 is 0 Å². The molecule has 1 aromatic rings. The second-order valence-electron chi connectivity index (χ2n) is 12.4. The standard InChI is InChI=1S/C27H38O4/c1-23(2,3)24(4,28)19-15-25-12-13-27(19,30-6)22-26(25)11-7-8-17(25)14-16-9-10-18(29-5)21(31-22)20(16)26/h9-10,17,19,22,28H,7-8,11-15H2,1-6H3/t17?,19-,22?,24+,25-,26?,27-/m1/s1. The molecule has 4 heteroatoms. The van der Waals surface area contributed by atoms with Crippen molar-refractivity contribution in [1.29, 1.82) is 0 Å². The maximum Gasteiger partial charge on any atom is 0.165 e. The highest BCUT2D eigenvalue weighted by molar-refractivity contribution is 5.63. The first-order valence-electron chi connectivity index (χ1n) is 12.2. The predicted octanol–water partition coefficient (Wildman–Crippen LogP) is 5.03. The highest BCUT2D eigenvalue weighted by Crippen LogP contribution is 2.79. The molecule has 5 aliphatic carbocycles. The van der Waals surface area contributed by atoms with E-state index in [1.54, 1.807) is 7.11 Å². The van der Waals surface area contributed by atoms with Crippen molar-refractivity contribution in [2.24, 2.45) is 22.7 Å². The van der Waals surface area contributed by atoms with E-state index in [9.17, 15) is 5.11 Å². The molecular weight excluding hydrogens is 388 g/mol. The van der Waals surface area contributed by atoms with Gasteiger partial charge in [-0.1, -0.05) is 33.3 Å². The third kappa shape index (κ3) is 1.99. The van der Waals surface area contributed by atoms with E-state index in [0.717, 1.165) is 37.2 Å². The van der Waals surface area contributed by atoms with Crippen LogP contribution in [-0.2, 0) is 16.6 Å². The van der Waals surface area contributed by atoms with Gasteiger partial charge in [0.1, 0.15) is 11.7 Å². The first kappa shape index (κ1) is 20.4. The molecule has 2 spiro atoms. The summed E-state index contributed by atoms with van der Waals surface area (Å²) in [5, 5.41) is 12.1. The molecule has 1 heterocycles. The van der Waals surface area contributed by atoms with Crippen molar-refractivity contribution in [1.82, 2.24) is 0 Å². The summed E-state index contributed by atoms with van der Waals surface area (Å²) in [4.78, 5) is 0. The van der Waals surface area contributed by atoms with Crippen LogP contribution in [0, 0.1) is 22.7 Å². The molecule has 7 rings (SSSR count). The van der Waals surface area contributed by atoms with Crippen molar-refractivity contribution >= 4 is 0 Å². The van der Waals surface area contributed by atoms with E-state index in [4.69, 9.17) is 14.2 Å². The molecule has 4 bridgehead atoms. The van der Waals surface area contributed by atoms with Gasteiger partial charge in [-0.05, 0) is 73.8 Å². The second kappa shape index (κ2) is 5.80. The van der Waals surface area contributed by atoms with E-state index in [1.165, 1.54) is 30.4 Å². The van der Waals surface area contributed by atoms with Crippen LogP contribution in [0.15, 0.2) is 12.1 Å². The van der Waals surface area contributed by atoms with Crippen LogP contribution in [0.1, 0.15) is 77.3 Å². The van der Waals surface area contributed by atoms with E-state index in [2.05, 4.69) is 39.8 Å². The van der Waals surface area contributed by atoms with Crippen molar-refractivity contribution < 1.29 is 19.3 Å². The smallest absolute Gasteiger partial charge is 0.165 e. The molecule has 0 aromatic heterocycles. The molecule has 7 atom stereocenters. The zero-order chi connectivity index (χ0) is 22.0. The number of hydrogen-bond donors (Lipinski definition) is 1. The van der Waals surface area contributed by atoms with Gasteiger partial charge in [-0.3, -0.25) is 0 Å². The van der Waals surface area contributed by atoms with Crippen LogP contribution < -0.4 is 9.47 Å². The Morgan fingerprint density at radius 2 is 1.87 bits per heavy atom. The lowest BCUT2D eigenvalue weighted by atomic mass is 9.31. The fourth-order valence-corrected chi connectivity index (χ4v) is 9.12. The normalized spacial score (nSPS) is 43.8. The summed E-state index contributed by atoms with van der Waals surface area (Å²) in [5.74, 6) is 2.52. The van der Waals surface area contributed by atoms with Crippen LogP contribution in [0.3, 0.4) is 0 Å². The van der Waals surface area contributed by atoms with E-state index in [-0.39, 0.29) is 28.3 Å². The molecule has 1 aliphatic heterocycles. The lowest BCUT2D eigenvalue weighted by Gasteiger charge is -2.74. The maximum atomic E-state index is 12.1. The number of rotatable bonds is 3. The Morgan fingerprint density at radius 3 is 2.55 bits per heavy atom.